The summed E-state index contributed by atoms with van der Waals surface area (Å²) in [5.41, 5.74) is -0.729. The van der Waals surface area contributed by atoms with E-state index in [-0.39, 0.29) is 24.8 Å². The molecule has 2 aliphatic rings. The van der Waals surface area contributed by atoms with Crippen LogP contribution in [0.4, 0.5) is 4.39 Å². The fourth-order valence-electron chi connectivity index (χ4n) is 3.80. The molecule has 2 aliphatic heterocycles. The first-order valence-corrected chi connectivity index (χ1v) is 9.09. The maximum Gasteiger partial charge on any atom is 0.156 e. The molecular formula is C16H18FNO3S. The van der Waals surface area contributed by atoms with E-state index >= 15 is 0 Å². The lowest BCUT2D eigenvalue weighted by molar-refractivity contribution is 0.00185. The molecule has 6 heteroatoms. The molecule has 0 amide bonds. The highest BCUT2D eigenvalue weighted by Gasteiger charge is 2.51. The summed E-state index contributed by atoms with van der Waals surface area (Å²) in [6.07, 6.45) is 2.13. The van der Waals surface area contributed by atoms with Gasteiger partial charge in [0.15, 0.2) is 9.84 Å². The van der Waals surface area contributed by atoms with Gasteiger partial charge in [0.25, 0.3) is 0 Å². The van der Waals surface area contributed by atoms with Crippen molar-refractivity contribution >= 4 is 9.84 Å². The minimum Gasteiger partial charge on any atom is -0.385 e. The molecule has 2 saturated heterocycles. The van der Waals surface area contributed by atoms with Crippen LogP contribution in [0.3, 0.4) is 0 Å². The van der Waals surface area contributed by atoms with E-state index in [9.17, 15) is 17.9 Å². The summed E-state index contributed by atoms with van der Waals surface area (Å²) in [6.45, 7) is 0. The van der Waals surface area contributed by atoms with Crippen molar-refractivity contribution in [2.45, 2.75) is 54.6 Å². The molecule has 1 aromatic rings. The van der Waals surface area contributed by atoms with Crippen LogP contribution in [0.15, 0.2) is 18.2 Å². The molecular weight excluding hydrogens is 305 g/mol. The van der Waals surface area contributed by atoms with Gasteiger partial charge in [-0.05, 0) is 37.3 Å². The van der Waals surface area contributed by atoms with E-state index in [0.717, 1.165) is 6.42 Å². The van der Waals surface area contributed by atoms with Crippen molar-refractivity contribution in [2.75, 3.05) is 0 Å². The topological polar surface area (TPSA) is 78.2 Å². The Balaban J connectivity index is 1.97. The summed E-state index contributed by atoms with van der Waals surface area (Å²) in [5.74, 6) is -0.562. The first kappa shape index (κ1) is 15.4. The lowest BCUT2D eigenvalue weighted by atomic mass is 9.80. The Labute approximate surface area is 129 Å². The first-order valence-electron chi connectivity index (χ1n) is 7.48. The number of sulfone groups is 1. The van der Waals surface area contributed by atoms with Crippen LogP contribution in [0.1, 0.15) is 43.2 Å². The second kappa shape index (κ2) is 5.32. The minimum atomic E-state index is -3.20. The molecule has 1 N–H and O–H groups in total. The summed E-state index contributed by atoms with van der Waals surface area (Å²) < 4.78 is 38.9. The Bertz CT molecular complexity index is 718. The summed E-state index contributed by atoms with van der Waals surface area (Å²) >= 11 is 0. The molecule has 0 aliphatic carbocycles. The van der Waals surface area contributed by atoms with Gasteiger partial charge in [0.1, 0.15) is 5.82 Å². The molecule has 1 aromatic carbocycles. The van der Waals surface area contributed by atoms with Crippen LogP contribution in [0.2, 0.25) is 0 Å². The van der Waals surface area contributed by atoms with Gasteiger partial charge in [-0.2, -0.15) is 5.26 Å². The van der Waals surface area contributed by atoms with E-state index in [1.54, 1.807) is 6.07 Å². The van der Waals surface area contributed by atoms with Gasteiger partial charge in [-0.25, -0.2) is 12.8 Å². The van der Waals surface area contributed by atoms with Crippen molar-refractivity contribution in [3.63, 3.8) is 0 Å². The third-order valence-corrected chi connectivity index (χ3v) is 7.59. The molecule has 4 nitrogen and oxygen atoms in total. The zero-order chi connectivity index (χ0) is 16.0. The Kier molecular flexibility index (Phi) is 3.74. The number of fused-ring (bicyclic) bond motifs is 2. The quantitative estimate of drug-likeness (QED) is 0.905. The van der Waals surface area contributed by atoms with Crippen LogP contribution >= 0.6 is 0 Å². The average molecular weight is 323 g/mol. The van der Waals surface area contributed by atoms with E-state index in [2.05, 4.69) is 0 Å². The van der Waals surface area contributed by atoms with E-state index in [0.29, 0.717) is 18.4 Å². The fraction of sp³-hybridized carbons (Fsp3) is 0.562. The van der Waals surface area contributed by atoms with Crippen LogP contribution in [-0.2, 0) is 21.9 Å². The molecule has 3 rings (SSSR count). The van der Waals surface area contributed by atoms with Crippen LogP contribution < -0.4 is 0 Å². The molecule has 0 radical (unpaired) electrons. The van der Waals surface area contributed by atoms with Crippen molar-refractivity contribution in [3.8, 4) is 6.07 Å². The van der Waals surface area contributed by atoms with Crippen molar-refractivity contribution in [1.82, 2.24) is 0 Å². The largest absolute Gasteiger partial charge is 0.385 e. The van der Waals surface area contributed by atoms with Gasteiger partial charge in [-0.15, -0.1) is 0 Å². The number of nitriles is 1. The van der Waals surface area contributed by atoms with Gasteiger partial charge in [0, 0.05) is 5.56 Å². The van der Waals surface area contributed by atoms with Gasteiger partial charge >= 0.3 is 0 Å². The minimum absolute atomic E-state index is 0.0559. The molecule has 2 bridgehead atoms. The Hall–Kier alpha value is -1.45. The predicted octanol–water partition coefficient (Wildman–Crippen LogP) is 2.21. The maximum atomic E-state index is 14.4. The molecule has 2 atom stereocenters. The number of benzene rings is 1. The number of halogens is 1. The summed E-state index contributed by atoms with van der Waals surface area (Å²) in [7, 11) is -3.20. The van der Waals surface area contributed by atoms with Crippen molar-refractivity contribution in [2.24, 2.45) is 0 Å². The molecule has 2 unspecified atom stereocenters. The molecule has 2 heterocycles. The van der Waals surface area contributed by atoms with Crippen LogP contribution in [0.25, 0.3) is 0 Å². The lowest BCUT2D eigenvalue weighted by Gasteiger charge is -2.44. The van der Waals surface area contributed by atoms with Gasteiger partial charge in [0.2, 0.25) is 0 Å². The number of rotatable bonds is 2. The Morgan fingerprint density at radius 1 is 1.32 bits per heavy atom. The SMILES string of the molecule is N#CCc1ccc(C2(O)CC3CCCC(C2)S3(=O)=O)c(F)c1. The highest BCUT2D eigenvalue weighted by atomic mass is 32.2. The highest BCUT2D eigenvalue weighted by Crippen LogP contribution is 2.46. The molecule has 22 heavy (non-hydrogen) atoms. The summed E-state index contributed by atoms with van der Waals surface area (Å²) in [6, 6.07) is 6.33. The second-order valence-electron chi connectivity index (χ2n) is 6.35. The van der Waals surface area contributed by atoms with Gasteiger partial charge in [-0.1, -0.05) is 18.6 Å². The smallest absolute Gasteiger partial charge is 0.156 e. The first-order chi connectivity index (χ1) is 10.4. The zero-order valence-corrected chi connectivity index (χ0v) is 12.9. The molecule has 0 spiro atoms. The number of nitrogens with zero attached hydrogens (tertiary/aromatic N) is 1. The number of hydrogen-bond acceptors (Lipinski definition) is 4. The lowest BCUT2D eigenvalue weighted by Crippen LogP contribution is -2.50. The number of hydrogen-bond donors (Lipinski definition) is 1. The third-order valence-electron chi connectivity index (χ3n) is 4.93. The van der Waals surface area contributed by atoms with Crippen LogP contribution in [0, 0.1) is 17.1 Å². The molecule has 0 aromatic heterocycles. The summed E-state index contributed by atoms with van der Waals surface area (Å²) in [4.78, 5) is 0. The van der Waals surface area contributed by atoms with Gasteiger partial charge < -0.3 is 5.11 Å². The fourth-order valence-corrected chi connectivity index (χ4v) is 6.35. The van der Waals surface area contributed by atoms with E-state index < -0.39 is 31.8 Å². The molecule has 118 valence electrons. The average Bonchev–Trinajstić information content (AvgIpc) is 2.41. The Morgan fingerprint density at radius 2 is 1.95 bits per heavy atom. The monoisotopic (exact) mass is 323 g/mol. The highest BCUT2D eigenvalue weighted by molar-refractivity contribution is 7.92. The Morgan fingerprint density at radius 3 is 2.50 bits per heavy atom. The molecule has 0 saturated carbocycles. The van der Waals surface area contributed by atoms with E-state index in [1.807, 2.05) is 6.07 Å². The van der Waals surface area contributed by atoms with E-state index in [4.69, 9.17) is 5.26 Å². The normalized spacial score (nSPS) is 33.1. The zero-order valence-electron chi connectivity index (χ0n) is 12.1. The van der Waals surface area contributed by atoms with Gasteiger partial charge in [0.05, 0.1) is 28.6 Å². The standard InChI is InChI=1S/C16H18FNO3S/c17-15-8-11(6-7-18)4-5-14(15)16(19)9-12-2-1-3-13(10-16)22(12,20)21/h4-5,8,12-13,19H,1-3,6,9-10H2. The van der Waals surface area contributed by atoms with E-state index in [1.165, 1.54) is 12.1 Å². The van der Waals surface area contributed by atoms with Crippen LogP contribution in [0.5, 0.6) is 0 Å². The van der Waals surface area contributed by atoms with Crippen LogP contribution in [-0.4, -0.2) is 24.0 Å². The van der Waals surface area contributed by atoms with Crippen molar-refractivity contribution in [3.05, 3.63) is 35.1 Å². The number of aliphatic hydroxyl groups is 1. The summed E-state index contributed by atoms with van der Waals surface area (Å²) in [5, 5.41) is 18.4. The van der Waals surface area contributed by atoms with Gasteiger partial charge in [-0.3, -0.25) is 0 Å². The second-order valence-corrected chi connectivity index (χ2v) is 8.86. The van der Waals surface area contributed by atoms with Crippen molar-refractivity contribution in [1.29, 1.82) is 5.26 Å². The maximum absolute atomic E-state index is 14.4. The third kappa shape index (κ3) is 2.42. The van der Waals surface area contributed by atoms with Crippen molar-refractivity contribution < 1.29 is 17.9 Å². The predicted molar refractivity (Wildman–Crippen MR) is 79.2 cm³/mol. The molecule has 2 fully saturated rings.